The third-order valence-electron chi connectivity index (χ3n) is 2.62. The average Bonchev–Trinajstić information content (AvgIpc) is 2.43. The molecule has 0 spiro atoms. The summed E-state index contributed by atoms with van der Waals surface area (Å²) in [5.74, 6) is 0. The Morgan fingerprint density at radius 1 is 1.10 bits per heavy atom. The zero-order chi connectivity index (χ0) is 15.0. The standard InChI is InChI=1S/C12H21N3O5/c1-14-9-10(13)11(16)15(12(14)17)3-4-19-7-8-20-6-5-18-2/h9H,3-8,13H2,1-2H3. The first-order valence-electron chi connectivity index (χ1n) is 6.28. The fraction of sp³-hybridized carbons (Fsp3) is 0.667. The Labute approximate surface area is 116 Å². The molecular formula is C12H21N3O5. The molecule has 1 rings (SSSR count). The van der Waals surface area contributed by atoms with Crippen LogP contribution < -0.4 is 17.0 Å². The SMILES string of the molecule is COCCOCCOCCn1c(=O)c(N)cn(C)c1=O. The summed E-state index contributed by atoms with van der Waals surface area (Å²) in [6.45, 7) is 2.28. The lowest BCUT2D eigenvalue weighted by molar-refractivity contribution is 0.0227. The van der Waals surface area contributed by atoms with Crippen molar-refractivity contribution in [1.29, 1.82) is 0 Å². The number of hydrogen-bond donors (Lipinski definition) is 1. The molecule has 114 valence electrons. The van der Waals surface area contributed by atoms with Gasteiger partial charge in [0.15, 0.2) is 0 Å². The van der Waals surface area contributed by atoms with E-state index in [4.69, 9.17) is 19.9 Å². The summed E-state index contributed by atoms with van der Waals surface area (Å²) in [7, 11) is 3.14. The summed E-state index contributed by atoms with van der Waals surface area (Å²) in [5, 5.41) is 0. The normalized spacial score (nSPS) is 10.9. The third kappa shape index (κ3) is 4.80. The smallest absolute Gasteiger partial charge is 0.330 e. The number of hydrogen-bond acceptors (Lipinski definition) is 6. The first kappa shape index (κ1) is 16.4. The first-order chi connectivity index (χ1) is 9.57. The van der Waals surface area contributed by atoms with Crippen molar-refractivity contribution in [3.8, 4) is 0 Å². The topological polar surface area (TPSA) is 97.7 Å². The van der Waals surface area contributed by atoms with Crippen molar-refractivity contribution in [1.82, 2.24) is 9.13 Å². The molecule has 0 unspecified atom stereocenters. The second-order valence-electron chi connectivity index (χ2n) is 4.15. The molecule has 0 aliphatic heterocycles. The maximum absolute atomic E-state index is 11.8. The minimum atomic E-state index is -0.493. The van der Waals surface area contributed by atoms with Crippen molar-refractivity contribution >= 4 is 5.69 Å². The lowest BCUT2D eigenvalue weighted by Gasteiger charge is -2.09. The number of rotatable bonds is 9. The quantitative estimate of drug-likeness (QED) is 0.573. The van der Waals surface area contributed by atoms with E-state index in [1.807, 2.05) is 0 Å². The Kier molecular flexibility index (Phi) is 6.99. The highest BCUT2D eigenvalue weighted by atomic mass is 16.5. The second-order valence-corrected chi connectivity index (χ2v) is 4.15. The first-order valence-corrected chi connectivity index (χ1v) is 6.28. The maximum Gasteiger partial charge on any atom is 0.330 e. The van der Waals surface area contributed by atoms with Crippen LogP contribution in [0, 0.1) is 0 Å². The fourth-order valence-corrected chi connectivity index (χ4v) is 1.57. The van der Waals surface area contributed by atoms with E-state index < -0.39 is 11.2 Å². The maximum atomic E-state index is 11.8. The van der Waals surface area contributed by atoms with Gasteiger partial charge in [-0.2, -0.15) is 0 Å². The average molecular weight is 287 g/mol. The van der Waals surface area contributed by atoms with Crippen LogP contribution in [-0.4, -0.2) is 49.3 Å². The highest BCUT2D eigenvalue weighted by molar-refractivity contribution is 5.30. The predicted octanol–water partition coefficient (Wildman–Crippen LogP) is -1.19. The molecule has 0 fully saturated rings. The Morgan fingerprint density at radius 3 is 2.35 bits per heavy atom. The van der Waals surface area contributed by atoms with Crippen molar-refractivity contribution in [3.63, 3.8) is 0 Å². The van der Waals surface area contributed by atoms with Gasteiger partial charge < -0.3 is 24.5 Å². The van der Waals surface area contributed by atoms with Gasteiger partial charge in [0, 0.05) is 20.4 Å². The molecule has 0 aliphatic rings. The summed E-state index contributed by atoms with van der Waals surface area (Å²) in [5.41, 5.74) is 4.65. The van der Waals surface area contributed by atoms with Crippen LogP contribution in [0.15, 0.2) is 15.8 Å². The molecule has 0 aliphatic carbocycles. The molecule has 0 radical (unpaired) electrons. The molecule has 0 bridgehead atoms. The number of aromatic nitrogens is 2. The Balaban J connectivity index is 2.36. The Hall–Kier alpha value is -1.64. The van der Waals surface area contributed by atoms with Gasteiger partial charge in [0.05, 0.1) is 39.6 Å². The van der Waals surface area contributed by atoms with Gasteiger partial charge in [0.25, 0.3) is 5.56 Å². The number of methoxy groups -OCH3 is 1. The molecular weight excluding hydrogens is 266 g/mol. The highest BCUT2D eigenvalue weighted by Crippen LogP contribution is 1.88. The van der Waals surface area contributed by atoms with Gasteiger partial charge in [-0.05, 0) is 0 Å². The molecule has 8 nitrogen and oxygen atoms in total. The van der Waals surface area contributed by atoms with Crippen LogP contribution in [0.2, 0.25) is 0 Å². The Bertz CT molecular complexity index is 489. The van der Waals surface area contributed by atoms with Crippen molar-refractivity contribution < 1.29 is 14.2 Å². The fourth-order valence-electron chi connectivity index (χ4n) is 1.57. The number of nitrogens with zero attached hydrogens (tertiary/aromatic N) is 2. The van der Waals surface area contributed by atoms with Gasteiger partial charge in [0.2, 0.25) is 0 Å². The number of nitrogens with two attached hydrogens (primary N) is 1. The zero-order valence-electron chi connectivity index (χ0n) is 11.8. The van der Waals surface area contributed by atoms with Gasteiger partial charge in [-0.1, -0.05) is 0 Å². The van der Waals surface area contributed by atoms with Crippen LogP contribution in [0.4, 0.5) is 5.69 Å². The number of aryl methyl sites for hydroxylation is 1. The molecule has 0 aromatic carbocycles. The lowest BCUT2D eigenvalue weighted by Crippen LogP contribution is -2.40. The van der Waals surface area contributed by atoms with E-state index in [1.54, 1.807) is 14.2 Å². The molecule has 20 heavy (non-hydrogen) atoms. The Morgan fingerprint density at radius 2 is 1.70 bits per heavy atom. The number of ether oxygens (including phenoxy) is 3. The van der Waals surface area contributed by atoms with Crippen LogP contribution >= 0.6 is 0 Å². The third-order valence-corrected chi connectivity index (χ3v) is 2.62. The van der Waals surface area contributed by atoms with Gasteiger partial charge in [-0.3, -0.25) is 9.36 Å². The van der Waals surface area contributed by atoms with Crippen LogP contribution in [0.5, 0.6) is 0 Å². The molecule has 0 atom stereocenters. The van der Waals surface area contributed by atoms with Crippen LogP contribution in [0.25, 0.3) is 0 Å². The van der Waals surface area contributed by atoms with E-state index in [0.717, 1.165) is 4.57 Å². The number of nitrogen functional groups attached to an aromatic ring is 1. The summed E-state index contributed by atoms with van der Waals surface area (Å²) in [6, 6.07) is 0. The minimum absolute atomic E-state index is 0.0370. The van der Waals surface area contributed by atoms with Crippen molar-refractivity contribution in [2.24, 2.45) is 7.05 Å². The molecule has 1 heterocycles. The molecule has 0 amide bonds. The molecule has 1 aromatic rings. The zero-order valence-corrected chi connectivity index (χ0v) is 11.8. The van der Waals surface area contributed by atoms with Crippen LogP contribution in [-0.2, 0) is 27.8 Å². The van der Waals surface area contributed by atoms with E-state index in [9.17, 15) is 9.59 Å². The monoisotopic (exact) mass is 287 g/mol. The summed E-state index contributed by atoms with van der Waals surface area (Å²) in [6.07, 6.45) is 1.31. The summed E-state index contributed by atoms with van der Waals surface area (Å²) in [4.78, 5) is 23.5. The lowest BCUT2D eigenvalue weighted by atomic mass is 10.5. The van der Waals surface area contributed by atoms with E-state index in [2.05, 4.69) is 0 Å². The number of anilines is 1. The highest BCUT2D eigenvalue weighted by Gasteiger charge is 2.06. The summed E-state index contributed by atoms with van der Waals surface area (Å²) >= 11 is 0. The predicted molar refractivity (Wildman–Crippen MR) is 73.9 cm³/mol. The van der Waals surface area contributed by atoms with Crippen molar-refractivity contribution in [2.45, 2.75) is 6.54 Å². The van der Waals surface area contributed by atoms with E-state index in [0.29, 0.717) is 26.4 Å². The van der Waals surface area contributed by atoms with Crippen molar-refractivity contribution in [2.75, 3.05) is 45.9 Å². The van der Waals surface area contributed by atoms with E-state index >= 15 is 0 Å². The van der Waals surface area contributed by atoms with Gasteiger partial charge >= 0.3 is 5.69 Å². The van der Waals surface area contributed by atoms with Gasteiger partial charge in [-0.15, -0.1) is 0 Å². The summed E-state index contributed by atoms with van der Waals surface area (Å²) < 4.78 is 17.6. The molecule has 0 saturated carbocycles. The largest absolute Gasteiger partial charge is 0.393 e. The molecule has 0 saturated heterocycles. The van der Waals surface area contributed by atoms with E-state index in [-0.39, 0.29) is 18.8 Å². The van der Waals surface area contributed by atoms with Crippen molar-refractivity contribution in [3.05, 3.63) is 27.0 Å². The van der Waals surface area contributed by atoms with E-state index in [1.165, 1.54) is 10.8 Å². The second kappa shape index (κ2) is 8.51. The molecule has 2 N–H and O–H groups in total. The van der Waals surface area contributed by atoms with Crippen LogP contribution in [0.3, 0.4) is 0 Å². The molecule has 8 heteroatoms. The van der Waals surface area contributed by atoms with Gasteiger partial charge in [0.1, 0.15) is 5.69 Å². The molecule has 1 aromatic heterocycles. The minimum Gasteiger partial charge on any atom is -0.393 e. The van der Waals surface area contributed by atoms with Crippen LogP contribution in [0.1, 0.15) is 0 Å². The van der Waals surface area contributed by atoms with Gasteiger partial charge in [-0.25, -0.2) is 4.79 Å².